The highest BCUT2D eigenvalue weighted by atomic mass is 15.3. The molecule has 0 aliphatic carbocycles. The van der Waals surface area contributed by atoms with Crippen LogP contribution in [0.1, 0.15) is 51.9 Å². The Labute approximate surface area is 113 Å². The van der Waals surface area contributed by atoms with Gasteiger partial charge in [-0.2, -0.15) is 0 Å². The van der Waals surface area contributed by atoms with E-state index in [-0.39, 0.29) is 0 Å². The summed E-state index contributed by atoms with van der Waals surface area (Å²) in [6.45, 7) is 8.76. The fraction of sp³-hybridized carbons (Fsp3) is 1.00. The summed E-state index contributed by atoms with van der Waals surface area (Å²) in [7, 11) is 0. The minimum Gasteiger partial charge on any atom is -0.328 e. The van der Waals surface area contributed by atoms with E-state index in [2.05, 4.69) is 16.7 Å². The molecule has 0 saturated carbocycles. The van der Waals surface area contributed by atoms with Gasteiger partial charge in [0.2, 0.25) is 0 Å². The van der Waals surface area contributed by atoms with E-state index in [0.717, 1.165) is 12.5 Å². The zero-order valence-electron chi connectivity index (χ0n) is 12.1. The molecule has 18 heavy (non-hydrogen) atoms. The van der Waals surface area contributed by atoms with Gasteiger partial charge in [0, 0.05) is 18.6 Å². The van der Waals surface area contributed by atoms with Gasteiger partial charge in [0.25, 0.3) is 0 Å². The highest BCUT2D eigenvalue weighted by Gasteiger charge is 2.27. The van der Waals surface area contributed by atoms with E-state index in [1.165, 1.54) is 71.2 Å². The van der Waals surface area contributed by atoms with E-state index in [1.807, 2.05) is 0 Å². The number of nitrogens with zero attached hydrogens (tertiary/aromatic N) is 2. The van der Waals surface area contributed by atoms with Crippen molar-refractivity contribution in [2.75, 3.05) is 32.7 Å². The van der Waals surface area contributed by atoms with E-state index in [4.69, 9.17) is 5.73 Å². The molecule has 2 rings (SSSR count). The molecule has 0 amide bonds. The first kappa shape index (κ1) is 14.3. The maximum Gasteiger partial charge on any atom is 0.0235 e. The number of nitrogens with two attached hydrogens (primary N) is 1. The maximum absolute atomic E-state index is 5.98. The third-order valence-corrected chi connectivity index (χ3v) is 4.73. The van der Waals surface area contributed by atoms with Crippen LogP contribution < -0.4 is 5.73 Å². The van der Waals surface area contributed by atoms with Crippen LogP contribution in [0.5, 0.6) is 0 Å². The second-order valence-corrected chi connectivity index (χ2v) is 6.15. The van der Waals surface area contributed by atoms with Gasteiger partial charge in [-0.15, -0.1) is 0 Å². The minimum absolute atomic E-state index is 0.422. The molecule has 2 N–H and O–H groups in total. The van der Waals surface area contributed by atoms with Gasteiger partial charge in [0.1, 0.15) is 0 Å². The van der Waals surface area contributed by atoms with Crippen molar-refractivity contribution in [1.29, 1.82) is 0 Å². The largest absolute Gasteiger partial charge is 0.328 e. The molecule has 3 nitrogen and oxygen atoms in total. The first-order valence-electron chi connectivity index (χ1n) is 8.01. The second kappa shape index (κ2) is 7.46. The molecule has 3 heteroatoms. The van der Waals surface area contributed by atoms with Crippen LogP contribution in [0, 0.1) is 0 Å². The average molecular weight is 253 g/mol. The lowest BCUT2D eigenvalue weighted by molar-refractivity contribution is 0.162. The standard InChI is InChI=1S/C15H31N3/c1-2-14(16)7-6-9-17-12-8-15(13-17)18-10-4-3-5-11-18/h14-15H,2-13,16H2,1H3. The number of likely N-dealkylation sites (tertiary alicyclic amines) is 2. The van der Waals surface area contributed by atoms with E-state index < -0.39 is 0 Å². The van der Waals surface area contributed by atoms with Crippen molar-refractivity contribution in [1.82, 2.24) is 9.80 Å². The topological polar surface area (TPSA) is 32.5 Å². The number of piperidine rings is 1. The summed E-state index contributed by atoms with van der Waals surface area (Å²) in [4.78, 5) is 5.39. The van der Waals surface area contributed by atoms with Crippen molar-refractivity contribution < 1.29 is 0 Å². The molecule has 2 saturated heterocycles. The molecule has 2 aliphatic heterocycles. The van der Waals surface area contributed by atoms with E-state index in [0.29, 0.717) is 6.04 Å². The fourth-order valence-electron chi connectivity index (χ4n) is 3.38. The van der Waals surface area contributed by atoms with Gasteiger partial charge < -0.3 is 10.6 Å². The minimum atomic E-state index is 0.422. The van der Waals surface area contributed by atoms with Crippen molar-refractivity contribution in [2.24, 2.45) is 5.73 Å². The molecular formula is C15H31N3. The summed E-state index contributed by atoms with van der Waals surface area (Å²) in [6, 6.07) is 1.27. The predicted molar refractivity (Wildman–Crippen MR) is 77.8 cm³/mol. The number of hydrogen-bond acceptors (Lipinski definition) is 3. The van der Waals surface area contributed by atoms with Crippen molar-refractivity contribution in [3.8, 4) is 0 Å². The van der Waals surface area contributed by atoms with Gasteiger partial charge in [-0.3, -0.25) is 4.90 Å². The van der Waals surface area contributed by atoms with E-state index in [1.54, 1.807) is 0 Å². The SMILES string of the molecule is CCC(N)CCCN1CCC(N2CCCCC2)C1. The maximum atomic E-state index is 5.98. The summed E-state index contributed by atoms with van der Waals surface area (Å²) in [5.74, 6) is 0. The van der Waals surface area contributed by atoms with Crippen LogP contribution in [0.25, 0.3) is 0 Å². The van der Waals surface area contributed by atoms with Gasteiger partial charge in [0.05, 0.1) is 0 Å². The Morgan fingerprint density at radius 1 is 1.17 bits per heavy atom. The van der Waals surface area contributed by atoms with E-state index >= 15 is 0 Å². The fourth-order valence-corrected chi connectivity index (χ4v) is 3.38. The number of hydrogen-bond donors (Lipinski definition) is 1. The van der Waals surface area contributed by atoms with Crippen LogP contribution in [0.2, 0.25) is 0 Å². The highest BCUT2D eigenvalue weighted by molar-refractivity contribution is 4.84. The Morgan fingerprint density at radius 2 is 1.94 bits per heavy atom. The van der Waals surface area contributed by atoms with Gasteiger partial charge in [-0.1, -0.05) is 13.3 Å². The molecule has 2 unspecified atom stereocenters. The zero-order chi connectivity index (χ0) is 12.8. The van der Waals surface area contributed by atoms with Gasteiger partial charge in [-0.05, 0) is 64.7 Å². The summed E-state index contributed by atoms with van der Waals surface area (Å²) in [5.41, 5.74) is 5.98. The van der Waals surface area contributed by atoms with Crippen molar-refractivity contribution in [3.63, 3.8) is 0 Å². The molecule has 0 bridgehead atoms. The van der Waals surface area contributed by atoms with Crippen LogP contribution in [-0.2, 0) is 0 Å². The van der Waals surface area contributed by atoms with Crippen molar-refractivity contribution in [2.45, 2.75) is 64.0 Å². The molecule has 2 heterocycles. The smallest absolute Gasteiger partial charge is 0.0235 e. The van der Waals surface area contributed by atoms with Crippen LogP contribution in [0.15, 0.2) is 0 Å². The van der Waals surface area contributed by atoms with Crippen LogP contribution in [-0.4, -0.2) is 54.6 Å². The lowest BCUT2D eigenvalue weighted by atomic mass is 10.1. The predicted octanol–water partition coefficient (Wildman–Crippen LogP) is 2.06. The van der Waals surface area contributed by atoms with Gasteiger partial charge >= 0.3 is 0 Å². The summed E-state index contributed by atoms with van der Waals surface area (Å²) in [6.07, 6.45) is 9.27. The monoisotopic (exact) mass is 253 g/mol. The van der Waals surface area contributed by atoms with Crippen LogP contribution >= 0.6 is 0 Å². The third kappa shape index (κ3) is 4.22. The Bertz CT molecular complexity index is 226. The van der Waals surface area contributed by atoms with Crippen LogP contribution in [0.3, 0.4) is 0 Å². The summed E-state index contributed by atoms with van der Waals surface area (Å²) in [5, 5.41) is 0. The Balaban J connectivity index is 1.62. The summed E-state index contributed by atoms with van der Waals surface area (Å²) < 4.78 is 0. The normalized spacial score (nSPS) is 28.7. The Hall–Kier alpha value is -0.120. The van der Waals surface area contributed by atoms with Crippen molar-refractivity contribution >= 4 is 0 Å². The molecule has 0 aromatic heterocycles. The van der Waals surface area contributed by atoms with Gasteiger partial charge in [0.15, 0.2) is 0 Å². The molecule has 2 aliphatic rings. The quantitative estimate of drug-likeness (QED) is 0.786. The Kier molecular flexibility index (Phi) is 5.93. The first-order chi connectivity index (χ1) is 8.79. The second-order valence-electron chi connectivity index (χ2n) is 6.15. The molecule has 0 aromatic carbocycles. The first-order valence-corrected chi connectivity index (χ1v) is 8.01. The molecule has 106 valence electrons. The lowest BCUT2D eigenvalue weighted by Gasteiger charge is -2.32. The third-order valence-electron chi connectivity index (χ3n) is 4.73. The molecule has 2 fully saturated rings. The molecule has 0 radical (unpaired) electrons. The average Bonchev–Trinajstić information content (AvgIpc) is 2.88. The molecule has 0 aromatic rings. The molecule has 2 atom stereocenters. The van der Waals surface area contributed by atoms with Gasteiger partial charge in [-0.25, -0.2) is 0 Å². The number of rotatable bonds is 6. The molecule has 0 spiro atoms. The molecular weight excluding hydrogens is 222 g/mol. The van der Waals surface area contributed by atoms with Crippen LogP contribution in [0.4, 0.5) is 0 Å². The van der Waals surface area contributed by atoms with Crippen molar-refractivity contribution in [3.05, 3.63) is 0 Å². The zero-order valence-corrected chi connectivity index (χ0v) is 12.1. The Morgan fingerprint density at radius 3 is 2.67 bits per heavy atom. The lowest BCUT2D eigenvalue weighted by Crippen LogP contribution is -2.41. The summed E-state index contributed by atoms with van der Waals surface area (Å²) >= 11 is 0. The van der Waals surface area contributed by atoms with E-state index in [9.17, 15) is 0 Å². The highest BCUT2D eigenvalue weighted by Crippen LogP contribution is 2.20.